The number of rotatable bonds is 1. The molecule has 0 saturated heterocycles. The molecule has 0 unspecified atom stereocenters. The maximum atomic E-state index is 5.01. The van der Waals surface area contributed by atoms with E-state index in [9.17, 15) is 0 Å². The lowest BCUT2D eigenvalue weighted by Gasteiger charge is -2.09. The molecule has 3 aromatic carbocycles. The van der Waals surface area contributed by atoms with Crippen LogP contribution < -0.4 is 0 Å². The number of benzene rings is 3. The Morgan fingerprint density at radius 2 is 1.27 bits per heavy atom. The van der Waals surface area contributed by atoms with Crippen LogP contribution in [0.4, 0.5) is 0 Å². The minimum Gasteiger partial charge on any atom is -0.277 e. The molecule has 0 aliphatic heterocycles. The quantitative estimate of drug-likeness (QED) is 0.373. The summed E-state index contributed by atoms with van der Waals surface area (Å²) in [6.07, 6.45) is 3.57. The minimum atomic E-state index is 0.651. The highest BCUT2D eigenvalue weighted by atomic mass is 15.2. The van der Waals surface area contributed by atoms with Gasteiger partial charge in [-0.2, -0.15) is 0 Å². The van der Waals surface area contributed by atoms with Crippen molar-refractivity contribution < 1.29 is 0 Å². The van der Waals surface area contributed by atoms with Crippen LogP contribution in [0.25, 0.3) is 55.3 Å². The second kappa shape index (κ2) is 5.64. The molecule has 4 aromatic heterocycles. The van der Waals surface area contributed by atoms with E-state index in [1.54, 1.807) is 12.4 Å². The summed E-state index contributed by atoms with van der Waals surface area (Å²) in [5.74, 6) is 0.651. The molecule has 7 rings (SSSR count). The summed E-state index contributed by atoms with van der Waals surface area (Å²) in [4.78, 5) is 14.2. The van der Waals surface area contributed by atoms with Crippen LogP contribution in [0.3, 0.4) is 0 Å². The molecule has 0 radical (unpaired) electrons. The average Bonchev–Trinajstić information content (AvgIpc) is 3.36. The van der Waals surface area contributed by atoms with E-state index in [0.717, 1.165) is 33.2 Å². The molecule has 30 heavy (non-hydrogen) atoms. The first-order chi connectivity index (χ1) is 14.9. The summed E-state index contributed by atoms with van der Waals surface area (Å²) in [5, 5.41) is 4.68. The van der Waals surface area contributed by atoms with Crippen molar-refractivity contribution in [3.05, 3.63) is 91.3 Å². The van der Waals surface area contributed by atoms with E-state index in [1.807, 2.05) is 12.1 Å². The Hall–Kier alpha value is -4.25. The van der Waals surface area contributed by atoms with Crippen molar-refractivity contribution in [2.45, 2.75) is 0 Å². The molecule has 7 aromatic rings. The number of nitrogens with zero attached hydrogens (tertiary/aromatic N) is 5. The molecule has 4 heterocycles. The van der Waals surface area contributed by atoms with Crippen molar-refractivity contribution in [3.8, 4) is 5.95 Å². The topological polar surface area (TPSA) is 48.0 Å². The van der Waals surface area contributed by atoms with Gasteiger partial charge in [0.2, 0.25) is 5.95 Å². The predicted octanol–water partition coefficient (Wildman–Crippen LogP) is 5.53. The SMILES string of the molecule is c1cnc(-n2c3ccccc3c3c4ccccc4c4nc5ccccc5n4c32)nc1. The van der Waals surface area contributed by atoms with E-state index < -0.39 is 0 Å². The highest BCUT2D eigenvalue weighted by Crippen LogP contribution is 2.39. The van der Waals surface area contributed by atoms with E-state index in [2.05, 4.69) is 85.7 Å². The van der Waals surface area contributed by atoms with E-state index in [4.69, 9.17) is 4.98 Å². The van der Waals surface area contributed by atoms with E-state index in [1.165, 1.54) is 16.2 Å². The first kappa shape index (κ1) is 15.6. The Morgan fingerprint density at radius 1 is 0.600 bits per heavy atom. The lowest BCUT2D eigenvalue weighted by atomic mass is 10.1. The molecule has 5 nitrogen and oxygen atoms in total. The van der Waals surface area contributed by atoms with Crippen LogP contribution in [0.15, 0.2) is 91.3 Å². The zero-order valence-electron chi connectivity index (χ0n) is 15.9. The first-order valence-corrected chi connectivity index (χ1v) is 9.90. The molecular formula is C25H15N5. The molecular weight excluding hydrogens is 370 g/mol. The highest BCUT2D eigenvalue weighted by Gasteiger charge is 2.21. The van der Waals surface area contributed by atoms with Gasteiger partial charge in [0.05, 0.1) is 16.6 Å². The van der Waals surface area contributed by atoms with Crippen LogP contribution in [0.2, 0.25) is 0 Å². The number of para-hydroxylation sites is 3. The maximum absolute atomic E-state index is 5.01. The Balaban J connectivity index is 1.91. The van der Waals surface area contributed by atoms with Crippen LogP contribution in [0.5, 0.6) is 0 Å². The molecule has 0 saturated carbocycles. The molecule has 0 fully saturated rings. The van der Waals surface area contributed by atoms with Crippen molar-refractivity contribution in [1.29, 1.82) is 0 Å². The number of aromatic nitrogens is 5. The van der Waals surface area contributed by atoms with Crippen LogP contribution in [-0.2, 0) is 0 Å². The van der Waals surface area contributed by atoms with Crippen molar-refractivity contribution in [2.24, 2.45) is 0 Å². The molecule has 0 amide bonds. The van der Waals surface area contributed by atoms with Gasteiger partial charge >= 0.3 is 0 Å². The largest absolute Gasteiger partial charge is 0.277 e. The fourth-order valence-electron chi connectivity index (χ4n) is 4.63. The molecule has 0 atom stereocenters. The summed E-state index contributed by atoms with van der Waals surface area (Å²) in [6.45, 7) is 0. The van der Waals surface area contributed by atoms with Crippen LogP contribution in [0, 0.1) is 0 Å². The number of fused-ring (bicyclic) bond motifs is 10. The zero-order chi connectivity index (χ0) is 19.7. The highest BCUT2D eigenvalue weighted by molar-refractivity contribution is 6.23. The third-order valence-electron chi connectivity index (χ3n) is 5.81. The summed E-state index contributed by atoms with van der Waals surface area (Å²) in [5.41, 5.74) is 5.10. The predicted molar refractivity (Wildman–Crippen MR) is 120 cm³/mol. The van der Waals surface area contributed by atoms with Crippen molar-refractivity contribution in [1.82, 2.24) is 23.9 Å². The van der Waals surface area contributed by atoms with Crippen LogP contribution >= 0.6 is 0 Å². The lowest BCUT2D eigenvalue weighted by molar-refractivity contribution is 0.970. The van der Waals surface area contributed by atoms with E-state index >= 15 is 0 Å². The van der Waals surface area contributed by atoms with E-state index in [-0.39, 0.29) is 0 Å². The van der Waals surface area contributed by atoms with Gasteiger partial charge in [0.15, 0.2) is 0 Å². The van der Waals surface area contributed by atoms with Crippen molar-refractivity contribution >= 4 is 49.4 Å². The third-order valence-corrected chi connectivity index (χ3v) is 5.81. The molecule has 0 bridgehead atoms. The molecule has 140 valence electrons. The Labute approximate surface area is 170 Å². The second-order valence-corrected chi connectivity index (χ2v) is 7.41. The molecule has 5 heteroatoms. The number of hydrogen-bond acceptors (Lipinski definition) is 3. The van der Waals surface area contributed by atoms with Gasteiger partial charge in [0, 0.05) is 28.6 Å². The van der Waals surface area contributed by atoms with Gasteiger partial charge in [-0.3, -0.25) is 8.97 Å². The molecule has 0 spiro atoms. The van der Waals surface area contributed by atoms with E-state index in [0.29, 0.717) is 5.95 Å². The lowest BCUT2D eigenvalue weighted by Crippen LogP contribution is -2.03. The molecule has 0 aliphatic carbocycles. The maximum Gasteiger partial charge on any atom is 0.235 e. The van der Waals surface area contributed by atoms with Crippen molar-refractivity contribution in [3.63, 3.8) is 0 Å². The average molecular weight is 385 g/mol. The summed E-state index contributed by atoms with van der Waals surface area (Å²) < 4.78 is 4.40. The Morgan fingerprint density at radius 3 is 2.10 bits per heavy atom. The fourth-order valence-corrected chi connectivity index (χ4v) is 4.63. The normalized spacial score (nSPS) is 12.0. The number of hydrogen-bond donors (Lipinski definition) is 0. The fraction of sp³-hybridized carbons (Fsp3) is 0. The van der Waals surface area contributed by atoms with Gasteiger partial charge < -0.3 is 0 Å². The van der Waals surface area contributed by atoms with Gasteiger partial charge in [-0.25, -0.2) is 15.0 Å². The Bertz CT molecular complexity index is 1740. The zero-order valence-corrected chi connectivity index (χ0v) is 15.9. The third kappa shape index (κ3) is 1.89. The van der Waals surface area contributed by atoms with Gasteiger partial charge in [0.25, 0.3) is 0 Å². The minimum absolute atomic E-state index is 0.651. The van der Waals surface area contributed by atoms with Gasteiger partial charge in [-0.15, -0.1) is 0 Å². The van der Waals surface area contributed by atoms with Crippen molar-refractivity contribution in [2.75, 3.05) is 0 Å². The van der Waals surface area contributed by atoms with Gasteiger partial charge in [-0.1, -0.05) is 54.6 Å². The first-order valence-electron chi connectivity index (χ1n) is 9.90. The molecule has 0 aliphatic rings. The van der Waals surface area contributed by atoms with Crippen LogP contribution in [-0.4, -0.2) is 23.9 Å². The molecule has 0 N–H and O–H groups in total. The summed E-state index contributed by atoms with van der Waals surface area (Å²) in [7, 11) is 0. The summed E-state index contributed by atoms with van der Waals surface area (Å²) in [6, 6.07) is 27.1. The van der Waals surface area contributed by atoms with Gasteiger partial charge in [-0.05, 0) is 29.7 Å². The second-order valence-electron chi connectivity index (χ2n) is 7.41. The number of pyridine rings is 1. The van der Waals surface area contributed by atoms with Gasteiger partial charge in [0.1, 0.15) is 11.3 Å². The summed E-state index contributed by atoms with van der Waals surface area (Å²) >= 11 is 0. The monoisotopic (exact) mass is 385 g/mol. The Kier molecular flexibility index (Phi) is 2.94. The smallest absolute Gasteiger partial charge is 0.235 e. The van der Waals surface area contributed by atoms with Crippen LogP contribution in [0.1, 0.15) is 0 Å². The number of imidazole rings is 1. The standard InChI is InChI=1S/C25H15N5/c1-2-9-17-16(8-1)22-18-10-3-5-12-20(18)30(25-26-14-7-15-27-25)24(22)29-21-13-6-4-11-19(21)28-23(17)29/h1-15H.